The Kier molecular flexibility index (Phi) is 3.88. The summed E-state index contributed by atoms with van der Waals surface area (Å²) in [4.78, 5) is 23.4. The number of fused-ring (bicyclic) bond motifs is 5. The lowest BCUT2D eigenvalue weighted by Crippen LogP contribution is -2.51. The number of aldehydes is 1. The van der Waals surface area contributed by atoms with Crippen molar-refractivity contribution in [1.82, 2.24) is 0 Å². The van der Waals surface area contributed by atoms with Gasteiger partial charge in [0.2, 0.25) is 0 Å². The van der Waals surface area contributed by atoms with Crippen LogP contribution in [-0.2, 0) is 9.59 Å². The van der Waals surface area contributed by atoms with E-state index in [1.807, 2.05) is 0 Å². The Morgan fingerprint density at radius 2 is 2.00 bits per heavy atom. The van der Waals surface area contributed by atoms with Gasteiger partial charge in [-0.05, 0) is 78.3 Å². The molecule has 4 aliphatic carbocycles. The van der Waals surface area contributed by atoms with Gasteiger partial charge in [-0.3, -0.25) is 4.79 Å². The second-order valence-electron chi connectivity index (χ2n) is 9.51. The van der Waals surface area contributed by atoms with Crippen LogP contribution >= 0.6 is 0 Å². The minimum Gasteiger partial charge on any atom is -0.385 e. The second kappa shape index (κ2) is 5.64. The van der Waals surface area contributed by atoms with E-state index in [9.17, 15) is 14.7 Å². The van der Waals surface area contributed by atoms with Gasteiger partial charge in [-0.25, -0.2) is 0 Å². The van der Waals surface area contributed by atoms with Crippen LogP contribution in [-0.4, -0.2) is 23.3 Å². The molecule has 3 nitrogen and oxygen atoms in total. The Morgan fingerprint density at radius 3 is 2.72 bits per heavy atom. The fraction of sp³-hybridized carbons (Fsp3) is 0.727. The number of hydrogen-bond acceptors (Lipinski definition) is 3. The summed E-state index contributed by atoms with van der Waals surface area (Å²) in [5.74, 6) is 2.10. The van der Waals surface area contributed by atoms with Crippen molar-refractivity contribution >= 4 is 12.1 Å². The number of rotatable bonds is 2. The van der Waals surface area contributed by atoms with E-state index in [4.69, 9.17) is 0 Å². The van der Waals surface area contributed by atoms with E-state index in [1.165, 1.54) is 6.42 Å². The highest BCUT2D eigenvalue weighted by molar-refractivity contribution is 5.95. The number of carbonyl (C=O) groups is 2. The van der Waals surface area contributed by atoms with E-state index in [0.29, 0.717) is 30.1 Å². The van der Waals surface area contributed by atoms with Crippen molar-refractivity contribution in [2.24, 2.45) is 40.4 Å². The number of hydrogen-bond donors (Lipinski definition) is 1. The highest BCUT2D eigenvalue weighted by atomic mass is 16.3. The topological polar surface area (TPSA) is 54.4 Å². The summed E-state index contributed by atoms with van der Waals surface area (Å²) in [7, 11) is 0. The Hall–Kier alpha value is -1.22. The summed E-state index contributed by atoms with van der Waals surface area (Å²) >= 11 is 0. The minimum atomic E-state index is -0.847. The van der Waals surface area contributed by atoms with Crippen molar-refractivity contribution in [2.45, 2.75) is 59.0 Å². The second-order valence-corrected chi connectivity index (χ2v) is 9.51. The molecule has 0 saturated heterocycles. The van der Waals surface area contributed by atoms with E-state index in [-0.39, 0.29) is 22.5 Å². The van der Waals surface area contributed by atoms with Gasteiger partial charge in [0, 0.05) is 5.92 Å². The molecule has 0 aromatic rings. The van der Waals surface area contributed by atoms with E-state index in [0.717, 1.165) is 31.1 Å². The first kappa shape index (κ1) is 17.2. The largest absolute Gasteiger partial charge is 0.385 e. The molecule has 3 heteroatoms. The molecular weight excluding hydrogens is 312 g/mol. The molecule has 2 fully saturated rings. The van der Waals surface area contributed by atoms with Gasteiger partial charge in [-0.1, -0.05) is 32.9 Å². The maximum Gasteiger partial charge on any atom is 0.184 e. The zero-order valence-corrected chi connectivity index (χ0v) is 15.6. The van der Waals surface area contributed by atoms with Crippen LogP contribution in [0.15, 0.2) is 23.8 Å². The van der Waals surface area contributed by atoms with Crippen LogP contribution in [0.2, 0.25) is 0 Å². The van der Waals surface area contributed by atoms with E-state index >= 15 is 0 Å². The lowest BCUT2D eigenvalue weighted by Gasteiger charge is -2.56. The molecule has 4 aliphatic rings. The first-order valence-electron chi connectivity index (χ1n) is 9.89. The maximum atomic E-state index is 11.9. The van der Waals surface area contributed by atoms with Gasteiger partial charge in [0.25, 0.3) is 0 Å². The van der Waals surface area contributed by atoms with Crippen LogP contribution in [0.1, 0.15) is 52.9 Å². The summed E-state index contributed by atoms with van der Waals surface area (Å²) in [5, 5.41) is 10.2. The Balaban J connectivity index is 1.70. The molecule has 0 heterocycles. The fourth-order valence-electron chi connectivity index (χ4n) is 7.06. The third-order valence-corrected chi connectivity index (χ3v) is 8.47. The molecule has 8 atom stereocenters. The highest BCUT2D eigenvalue weighted by Gasteiger charge is 2.59. The van der Waals surface area contributed by atoms with Gasteiger partial charge in [-0.15, -0.1) is 0 Å². The highest BCUT2D eigenvalue weighted by Crippen LogP contribution is 2.65. The average Bonchev–Trinajstić information content (AvgIpc) is 2.93. The summed E-state index contributed by atoms with van der Waals surface area (Å²) in [6, 6.07) is 0. The van der Waals surface area contributed by atoms with Gasteiger partial charge in [0.05, 0.1) is 0 Å². The van der Waals surface area contributed by atoms with Crippen molar-refractivity contribution in [1.29, 1.82) is 0 Å². The Bertz CT molecular complexity index is 662. The molecule has 0 amide bonds. The number of allylic oxidation sites excluding steroid dienone is 3. The first-order chi connectivity index (χ1) is 11.8. The zero-order valence-electron chi connectivity index (χ0n) is 15.6. The molecule has 0 bridgehead atoms. The number of ketones is 1. The quantitative estimate of drug-likeness (QED) is 0.778. The van der Waals surface area contributed by atoms with Crippen LogP contribution in [0.5, 0.6) is 0 Å². The minimum absolute atomic E-state index is 0.0948. The molecule has 136 valence electrons. The summed E-state index contributed by atoms with van der Waals surface area (Å²) in [6.45, 7) is 6.74. The Labute approximate surface area is 150 Å². The molecule has 1 N–H and O–H groups in total. The number of aliphatic hydroxyl groups is 1. The number of aliphatic hydroxyl groups excluding tert-OH is 1. The standard InChI is InChI=1S/C22H30O3/c1-13(12-23)16-6-7-17-15-5-4-14-10-19(24)20(25)11-22(14,3)18(15)8-9-21(16,17)2/h4-5,10,12-13,15-18,20,25H,6-9,11H2,1-3H3/t13?,15-,16+,17-,18-,20?,21+,22-/m0/s1. The van der Waals surface area contributed by atoms with Crippen molar-refractivity contribution in [3.05, 3.63) is 23.8 Å². The molecule has 2 saturated carbocycles. The van der Waals surface area contributed by atoms with E-state index in [1.54, 1.807) is 6.08 Å². The van der Waals surface area contributed by atoms with Crippen LogP contribution in [0.4, 0.5) is 0 Å². The Morgan fingerprint density at radius 1 is 1.24 bits per heavy atom. The normalized spacial score (nSPS) is 49.7. The summed E-state index contributed by atoms with van der Waals surface area (Å²) in [6.07, 6.45) is 11.7. The molecule has 0 spiro atoms. The monoisotopic (exact) mass is 342 g/mol. The van der Waals surface area contributed by atoms with Gasteiger partial charge >= 0.3 is 0 Å². The van der Waals surface area contributed by atoms with Gasteiger partial charge < -0.3 is 9.90 Å². The van der Waals surface area contributed by atoms with Crippen LogP contribution < -0.4 is 0 Å². The SMILES string of the molecule is CC(C=O)[C@H]1CC[C@H]2[C@@H]3C=CC4=CC(=O)C(O)C[C@]4(C)[C@H]3CC[C@]12C. The van der Waals surface area contributed by atoms with E-state index in [2.05, 4.69) is 32.9 Å². The molecular formula is C22H30O3. The maximum absolute atomic E-state index is 11.9. The first-order valence-corrected chi connectivity index (χ1v) is 9.89. The molecule has 0 radical (unpaired) electrons. The van der Waals surface area contributed by atoms with Gasteiger partial charge in [0.15, 0.2) is 5.78 Å². The van der Waals surface area contributed by atoms with Crippen LogP contribution in [0.3, 0.4) is 0 Å². The predicted octanol–water partition coefficient (Wildman–Crippen LogP) is 3.72. The summed E-state index contributed by atoms with van der Waals surface area (Å²) < 4.78 is 0. The van der Waals surface area contributed by atoms with E-state index < -0.39 is 6.10 Å². The van der Waals surface area contributed by atoms with Gasteiger partial charge in [-0.2, -0.15) is 0 Å². The molecule has 0 aliphatic heterocycles. The average molecular weight is 342 g/mol. The van der Waals surface area contributed by atoms with Crippen LogP contribution in [0, 0.1) is 40.4 Å². The lowest BCUT2D eigenvalue weighted by molar-refractivity contribution is -0.126. The van der Waals surface area contributed by atoms with Crippen molar-refractivity contribution in [3.63, 3.8) is 0 Å². The van der Waals surface area contributed by atoms with Crippen molar-refractivity contribution in [3.8, 4) is 0 Å². The molecule has 0 aromatic carbocycles. The molecule has 25 heavy (non-hydrogen) atoms. The van der Waals surface area contributed by atoms with Gasteiger partial charge in [0.1, 0.15) is 12.4 Å². The molecule has 2 unspecified atom stereocenters. The third-order valence-electron chi connectivity index (χ3n) is 8.47. The zero-order chi connectivity index (χ0) is 18.0. The molecule has 0 aromatic heterocycles. The van der Waals surface area contributed by atoms with Crippen molar-refractivity contribution < 1.29 is 14.7 Å². The summed E-state index contributed by atoms with van der Waals surface area (Å²) in [5.41, 5.74) is 1.26. The van der Waals surface area contributed by atoms with Crippen LogP contribution in [0.25, 0.3) is 0 Å². The fourth-order valence-corrected chi connectivity index (χ4v) is 7.06. The molecule has 4 rings (SSSR count). The number of carbonyl (C=O) groups excluding carboxylic acids is 2. The smallest absolute Gasteiger partial charge is 0.184 e. The van der Waals surface area contributed by atoms with Crippen molar-refractivity contribution in [2.75, 3.05) is 0 Å². The lowest BCUT2D eigenvalue weighted by atomic mass is 9.48. The predicted molar refractivity (Wildman–Crippen MR) is 96.7 cm³/mol. The third kappa shape index (κ3) is 2.27.